The molecule has 0 saturated heterocycles. The van der Waals surface area contributed by atoms with Gasteiger partial charge in [0.1, 0.15) is 11.5 Å². The molecule has 1 unspecified atom stereocenters. The van der Waals surface area contributed by atoms with E-state index in [1.54, 1.807) is 0 Å². The third kappa shape index (κ3) is 3.56. The van der Waals surface area contributed by atoms with Gasteiger partial charge in [-0.3, -0.25) is 9.59 Å². The maximum atomic E-state index is 12.0. The predicted octanol–water partition coefficient (Wildman–Crippen LogP) is 3.14. The Kier molecular flexibility index (Phi) is 3.59. The quantitative estimate of drug-likeness (QED) is 0.794. The zero-order valence-corrected chi connectivity index (χ0v) is 9.87. The minimum absolute atomic E-state index is 0.0513. The van der Waals surface area contributed by atoms with Gasteiger partial charge in [0.25, 0.3) is 0 Å². The summed E-state index contributed by atoms with van der Waals surface area (Å²) in [5.41, 5.74) is 0.300. The topological polar surface area (TPSA) is 43.4 Å². The van der Waals surface area contributed by atoms with Crippen molar-refractivity contribution in [3.63, 3.8) is 0 Å². The Bertz CT molecular complexity index is 491. The van der Waals surface area contributed by atoms with Crippen molar-refractivity contribution in [1.29, 1.82) is 0 Å². The van der Waals surface area contributed by atoms with Gasteiger partial charge in [0.05, 0.1) is 0 Å². The molecule has 0 amide bonds. The van der Waals surface area contributed by atoms with Crippen LogP contribution in [0.15, 0.2) is 24.3 Å². The average molecular weight is 272 g/mol. The summed E-state index contributed by atoms with van der Waals surface area (Å²) >= 11 is 0. The highest BCUT2D eigenvalue weighted by molar-refractivity contribution is 6.01. The summed E-state index contributed by atoms with van der Waals surface area (Å²) in [4.78, 5) is 23.1. The zero-order chi connectivity index (χ0) is 14.0. The number of ketones is 2. The van der Waals surface area contributed by atoms with Crippen LogP contribution in [0.2, 0.25) is 0 Å². The van der Waals surface area contributed by atoms with Crippen LogP contribution in [0.4, 0.5) is 13.2 Å². The standard InChI is InChI=1S/C13H11F3O3/c14-13(15,16)19-11-5-2-8(3-6-11)12(18)9-1-4-10(17)7-9/h2-3,5-6,9H,1,4,7H2. The van der Waals surface area contributed by atoms with E-state index in [1.807, 2.05) is 0 Å². The van der Waals surface area contributed by atoms with E-state index in [2.05, 4.69) is 4.74 Å². The fraction of sp³-hybridized carbons (Fsp3) is 0.385. The number of Topliss-reactive ketones (excluding diaryl/α,β-unsaturated/α-hetero) is 2. The van der Waals surface area contributed by atoms with Gasteiger partial charge in [-0.15, -0.1) is 13.2 Å². The number of rotatable bonds is 3. The summed E-state index contributed by atoms with van der Waals surface area (Å²) in [5, 5.41) is 0. The van der Waals surface area contributed by atoms with Gasteiger partial charge in [0.15, 0.2) is 5.78 Å². The van der Waals surface area contributed by atoms with Gasteiger partial charge in [-0.1, -0.05) is 0 Å². The second kappa shape index (κ2) is 5.03. The maximum Gasteiger partial charge on any atom is 0.573 e. The lowest BCUT2D eigenvalue weighted by atomic mass is 9.96. The number of hydrogen-bond acceptors (Lipinski definition) is 3. The largest absolute Gasteiger partial charge is 0.573 e. The zero-order valence-electron chi connectivity index (χ0n) is 9.87. The Morgan fingerprint density at radius 1 is 1.21 bits per heavy atom. The Morgan fingerprint density at radius 3 is 2.32 bits per heavy atom. The molecule has 0 heterocycles. The van der Waals surface area contributed by atoms with E-state index in [0.29, 0.717) is 18.4 Å². The van der Waals surface area contributed by atoms with Crippen molar-refractivity contribution in [2.24, 2.45) is 5.92 Å². The number of carbonyl (C=O) groups excluding carboxylic acids is 2. The molecule has 0 bridgehead atoms. The molecule has 1 saturated carbocycles. The lowest BCUT2D eigenvalue weighted by Crippen LogP contribution is -2.17. The molecule has 1 aromatic carbocycles. The summed E-state index contributed by atoms with van der Waals surface area (Å²) in [6.07, 6.45) is -3.62. The molecule has 1 atom stereocenters. The Hall–Kier alpha value is -1.85. The van der Waals surface area contributed by atoms with Crippen molar-refractivity contribution in [3.8, 4) is 5.75 Å². The van der Waals surface area contributed by atoms with Gasteiger partial charge in [-0.05, 0) is 30.7 Å². The molecule has 2 rings (SSSR count). The highest BCUT2D eigenvalue weighted by Gasteiger charge is 2.32. The molecule has 0 radical (unpaired) electrons. The first-order valence-corrected chi connectivity index (χ1v) is 5.77. The third-order valence-corrected chi connectivity index (χ3v) is 2.99. The lowest BCUT2D eigenvalue weighted by Gasteiger charge is -2.10. The van der Waals surface area contributed by atoms with E-state index in [-0.39, 0.29) is 29.7 Å². The maximum absolute atomic E-state index is 12.0. The van der Waals surface area contributed by atoms with Crippen LogP contribution < -0.4 is 4.74 Å². The number of hydrogen-bond donors (Lipinski definition) is 0. The highest BCUT2D eigenvalue weighted by atomic mass is 19.4. The summed E-state index contributed by atoms with van der Waals surface area (Å²) in [7, 11) is 0. The van der Waals surface area contributed by atoms with Crippen molar-refractivity contribution in [2.45, 2.75) is 25.6 Å². The summed E-state index contributed by atoms with van der Waals surface area (Å²) in [5.74, 6) is -0.867. The smallest absolute Gasteiger partial charge is 0.406 e. The Balaban J connectivity index is 2.06. The number of halogens is 3. The SMILES string of the molecule is O=C1CCC(C(=O)c2ccc(OC(F)(F)F)cc2)C1. The molecule has 0 aliphatic heterocycles. The summed E-state index contributed by atoms with van der Waals surface area (Å²) < 4.78 is 39.6. The lowest BCUT2D eigenvalue weighted by molar-refractivity contribution is -0.274. The van der Waals surface area contributed by atoms with Gasteiger partial charge in [-0.25, -0.2) is 0 Å². The van der Waals surface area contributed by atoms with Crippen molar-refractivity contribution >= 4 is 11.6 Å². The fourth-order valence-corrected chi connectivity index (χ4v) is 2.09. The van der Waals surface area contributed by atoms with Gasteiger partial charge >= 0.3 is 6.36 Å². The molecular weight excluding hydrogens is 261 g/mol. The first-order chi connectivity index (χ1) is 8.85. The van der Waals surface area contributed by atoms with Crippen LogP contribution in [0, 0.1) is 5.92 Å². The molecule has 19 heavy (non-hydrogen) atoms. The molecule has 1 aromatic rings. The first-order valence-electron chi connectivity index (χ1n) is 5.77. The van der Waals surface area contributed by atoms with Crippen molar-refractivity contribution < 1.29 is 27.5 Å². The fourth-order valence-electron chi connectivity index (χ4n) is 2.09. The van der Waals surface area contributed by atoms with E-state index < -0.39 is 6.36 Å². The first kappa shape index (κ1) is 13.6. The minimum atomic E-state index is -4.75. The molecular formula is C13H11F3O3. The Morgan fingerprint density at radius 2 is 1.84 bits per heavy atom. The second-order valence-corrected chi connectivity index (χ2v) is 4.41. The number of benzene rings is 1. The van der Waals surface area contributed by atoms with Gasteiger partial charge < -0.3 is 4.74 Å². The second-order valence-electron chi connectivity index (χ2n) is 4.41. The molecule has 3 nitrogen and oxygen atoms in total. The van der Waals surface area contributed by atoms with E-state index in [1.165, 1.54) is 12.1 Å². The van der Waals surface area contributed by atoms with Crippen LogP contribution in [-0.4, -0.2) is 17.9 Å². The summed E-state index contributed by atoms with van der Waals surface area (Å²) in [6.45, 7) is 0. The minimum Gasteiger partial charge on any atom is -0.406 e. The van der Waals surface area contributed by atoms with E-state index in [0.717, 1.165) is 12.1 Å². The van der Waals surface area contributed by atoms with Crippen molar-refractivity contribution in [3.05, 3.63) is 29.8 Å². The van der Waals surface area contributed by atoms with Crippen LogP contribution in [0.25, 0.3) is 0 Å². The molecule has 0 N–H and O–H groups in total. The molecule has 102 valence electrons. The average Bonchev–Trinajstić information content (AvgIpc) is 2.74. The third-order valence-electron chi connectivity index (χ3n) is 2.99. The highest BCUT2D eigenvalue weighted by Crippen LogP contribution is 2.27. The van der Waals surface area contributed by atoms with E-state index in [9.17, 15) is 22.8 Å². The molecule has 0 aromatic heterocycles. The van der Waals surface area contributed by atoms with Crippen LogP contribution in [0.5, 0.6) is 5.75 Å². The number of carbonyl (C=O) groups is 2. The van der Waals surface area contributed by atoms with Crippen LogP contribution in [0.1, 0.15) is 29.6 Å². The van der Waals surface area contributed by atoms with Gasteiger partial charge in [0.2, 0.25) is 0 Å². The molecule has 6 heteroatoms. The number of alkyl halides is 3. The molecule has 1 fully saturated rings. The van der Waals surface area contributed by atoms with Gasteiger partial charge in [-0.2, -0.15) is 0 Å². The Labute approximate surface area is 107 Å². The molecule has 0 spiro atoms. The normalized spacial score (nSPS) is 19.5. The van der Waals surface area contributed by atoms with Crippen molar-refractivity contribution in [1.82, 2.24) is 0 Å². The number of ether oxygens (including phenoxy) is 1. The van der Waals surface area contributed by atoms with Gasteiger partial charge in [0, 0.05) is 24.3 Å². The van der Waals surface area contributed by atoms with Crippen LogP contribution in [-0.2, 0) is 4.79 Å². The van der Waals surface area contributed by atoms with E-state index >= 15 is 0 Å². The summed E-state index contributed by atoms with van der Waals surface area (Å²) in [6, 6.07) is 4.76. The molecule has 1 aliphatic carbocycles. The van der Waals surface area contributed by atoms with Crippen molar-refractivity contribution in [2.75, 3.05) is 0 Å². The predicted molar refractivity (Wildman–Crippen MR) is 59.8 cm³/mol. The van der Waals surface area contributed by atoms with Crippen LogP contribution in [0.3, 0.4) is 0 Å². The molecule has 1 aliphatic rings. The van der Waals surface area contributed by atoms with E-state index in [4.69, 9.17) is 0 Å². The monoisotopic (exact) mass is 272 g/mol. The van der Waals surface area contributed by atoms with Crippen LogP contribution >= 0.6 is 0 Å².